The SMILES string of the molecule is COC(=O)C1=C(C)N(c2ccc(Cl)c(Cl)c2)C(=O)/C1=C\c1ccc(OCC(=O)NC(C)C)cc1. The molecule has 0 saturated carbocycles. The van der Waals surface area contributed by atoms with Gasteiger partial charge < -0.3 is 14.8 Å². The molecule has 0 bridgehead atoms. The largest absolute Gasteiger partial charge is 0.484 e. The van der Waals surface area contributed by atoms with Gasteiger partial charge in [0.2, 0.25) is 0 Å². The van der Waals surface area contributed by atoms with Crippen LogP contribution in [0.1, 0.15) is 26.3 Å². The third-order valence-electron chi connectivity index (χ3n) is 4.96. The monoisotopic (exact) mass is 502 g/mol. The van der Waals surface area contributed by atoms with Crippen LogP contribution in [-0.4, -0.2) is 37.5 Å². The van der Waals surface area contributed by atoms with Gasteiger partial charge in [-0.05, 0) is 62.7 Å². The molecule has 3 rings (SSSR count). The van der Waals surface area contributed by atoms with Gasteiger partial charge in [0.05, 0.1) is 34.0 Å². The molecule has 1 aliphatic heterocycles. The van der Waals surface area contributed by atoms with Gasteiger partial charge in [-0.25, -0.2) is 4.79 Å². The summed E-state index contributed by atoms with van der Waals surface area (Å²) in [5.41, 5.74) is 1.89. The number of carbonyl (C=O) groups is 3. The lowest BCUT2D eigenvalue weighted by molar-refractivity contribution is -0.136. The van der Waals surface area contributed by atoms with Crippen LogP contribution in [-0.2, 0) is 19.1 Å². The maximum Gasteiger partial charge on any atom is 0.340 e. The van der Waals surface area contributed by atoms with E-state index in [-0.39, 0.29) is 34.7 Å². The fraction of sp³-hybridized carbons (Fsp3) is 0.240. The Morgan fingerprint density at radius 1 is 1.09 bits per heavy atom. The van der Waals surface area contributed by atoms with Crippen LogP contribution in [0.3, 0.4) is 0 Å². The first-order valence-corrected chi connectivity index (χ1v) is 11.2. The lowest BCUT2D eigenvalue weighted by Crippen LogP contribution is -2.34. The predicted molar refractivity (Wildman–Crippen MR) is 132 cm³/mol. The van der Waals surface area contributed by atoms with Gasteiger partial charge in [0.15, 0.2) is 6.61 Å². The van der Waals surface area contributed by atoms with Crippen LogP contribution in [0.15, 0.2) is 59.3 Å². The summed E-state index contributed by atoms with van der Waals surface area (Å²) < 4.78 is 10.4. The van der Waals surface area contributed by atoms with Crippen molar-refractivity contribution in [3.05, 3.63) is 74.9 Å². The summed E-state index contributed by atoms with van der Waals surface area (Å²) in [4.78, 5) is 39.0. The summed E-state index contributed by atoms with van der Waals surface area (Å²) in [6, 6.07) is 11.6. The number of methoxy groups -OCH3 is 1. The molecule has 0 atom stereocenters. The minimum absolute atomic E-state index is 0.0260. The number of amides is 2. The molecule has 1 aliphatic rings. The number of hydrogen-bond acceptors (Lipinski definition) is 5. The number of ether oxygens (including phenoxy) is 2. The zero-order valence-corrected chi connectivity index (χ0v) is 20.7. The number of halogens is 2. The minimum atomic E-state index is -0.629. The van der Waals surface area contributed by atoms with E-state index in [1.807, 2.05) is 13.8 Å². The lowest BCUT2D eigenvalue weighted by Gasteiger charge is -2.18. The molecule has 0 radical (unpaired) electrons. The number of carbonyl (C=O) groups excluding carboxylic acids is 3. The number of anilines is 1. The molecule has 1 heterocycles. The van der Waals surface area contributed by atoms with E-state index in [4.69, 9.17) is 32.7 Å². The first kappa shape index (κ1) is 25.3. The van der Waals surface area contributed by atoms with Gasteiger partial charge in [0.25, 0.3) is 11.8 Å². The van der Waals surface area contributed by atoms with E-state index in [1.54, 1.807) is 55.5 Å². The van der Waals surface area contributed by atoms with Gasteiger partial charge in [-0.2, -0.15) is 0 Å². The molecule has 0 aromatic heterocycles. The Balaban J connectivity index is 1.89. The maximum absolute atomic E-state index is 13.3. The van der Waals surface area contributed by atoms with Crippen LogP contribution < -0.4 is 15.0 Å². The van der Waals surface area contributed by atoms with Crippen molar-refractivity contribution in [2.45, 2.75) is 26.8 Å². The molecule has 178 valence electrons. The summed E-state index contributed by atoms with van der Waals surface area (Å²) in [6.45, 7) is 5.29. The summed E-state index contributed by atoms with van der Waals surface area (Å²) >= 11 is 12.1. The summed E-state index contributed by atoms with van der Waals surface area (Å²) in [5.74, 6) is -0.752. The topological polar surface area (TPSA) is 84.9 Å². The highest BCUT2D eigenvalue weighted by atomic mass is 35.5. The second-order valence-electron chi connectivity index (χ2n) is 7.83. The van der Waals surface area contributed by atoms with E-state index in [2.05, 4.69) is 5.32 Å². The van der Waals surface area contributed by atoms with Crippen molar-refractivity contribution in [3.8, 4) is 5.75 Å². The molecule has 0 aliphatic carbocycles. The third kappa shape index (κ3) is 5.61. The first-order valence-electron chi connectivity index (χ1n) is 10.5. The quantitative estimate of drug-likeness (QED) is 0.435. The van der Waals surface area contributed by atoms with E-state index >= 15 is 0 Å². The summed E-state index contributed by atoms with van der Waals surface area (Å²) in [5, 5.41) is 3.39. The molecule has 0 unspecified atom stereocenters. The highest BCUT2D eigenvalue weighted by Gasteiger charge is 2.38. The Kier molecular flexibility index (Phi) is 8.02. The molecule has 2 aromatic carbocycles. The third-order valence-corrected chi connectivity index (χ3v) is 5.70. The molecule has 7 nitrogen and oxygen atoms in total. The Hall–Kier alpha value is -3.29. The van der Waals surface area contributed by atoms with Crippen LogP contribution in [0.25, 0.3) is 6.08 Å². The Bertz CT molecular complexity index is 1190. The Labute approximate surface area is 207 Å². The predicted octanol–water partition coefficient (Wildman–Crippen LogP) is 4.77. The van der Waals surface area contributed by atoms with Gasteiger partial charge >= 0.3 is 5.97 Å². The minimum Gasteiger partial charge on any atom is -0.484 e. The summed E-state index contributed by atoms with van der Waals surface area (Å²) in [6.07, 6.45) is 1.60. The second-order valence-corrected chi connectivity index (χ2v) is 8.64. The van der Waals surface area contributed by atoms with Crippen molar-refractivity contribution in [3.63, 3.8) is 0 Å². The molecule has 1 N–H and O–H groups in total. The molecule has 2 amide bonds. The number of hydrogen-bond donors (Lipinski definition) is 1. The van der Waals surface area contributed by atoms with Crippen LogP contribution in [0.5, 0.6) is 5.75 Å². The first-order chi connectivity index (χ1) is 16.1. The molecular formula is C25H24Cl2N2O5. The van der Waals surface area contributed by atoms with E-state index in [9.17, 15) is 14.4 Å². The number of nitrogens with one attached hydrogen (secondary N) is 1. The van der Waals surface area contributed by atoms with E-state index in [0.717, 1.165) is 0 Å². The van der Waals surface area contributed by atoms with Gasteiger partial charge in [-0.15, -0.1) is 0 Å². The van der Waals surface area contributed by atoms with Crippen LogP contribution in [0, 0.1) is 0 Å². The van der Waals surface area contributed by atoms with Crippen LogP contribution in [0.4, 0.5) is 5.69 Å². The number of nitrogens with zero attached hydrogens (tertiary/aromatic N) is 1. The maximum atomic E-state index is 13.3. The van der Waals surface area contributed by atoms with E-state index < -0.39 is 11.9 Å². The fourth-order valence-corrected chi connectivity index (χ4v) is 3.75. The zero-order valence-electron chi connectivity index (χ0n) is 19.1. The van der Waals surface area contributed by atoms with Gasteiger partial charge in [0, 0.05) is 11.7 Å². The second kappa shape index (κ2) is 10.8. The number of esters is 1. The van der Waals surface area contributed by atoms with E-state index in [0.29, 0.717) is 27.7 Å². The van der Waals surface area contributed by atoms with Crippen molar-refractivity contribution < 1.29 is 23.9 Å². The van der Waals surface area contributed by atoms with Gasteiger partial charge in [0.1, 0.15) is 5.75 Å². The standard InChI is InChI=1S/C25H24Cl2N2O5/c1-14(2)28-22(30)13-34-18-8-5-16(6-9-18)11-19-23(25(32)33-4)15(3)29(24(19)31)17-7-10-20(26)21(27)12-17/h5-12,14H,13H2,1-4H3,(H,28,30)/b19-11-. The summed E-state index contributed by atoms with van der Waals surface area (Å²) in [7, 11) is 1.26. The smallest absolute Gasteiger partial charge is 0.340 e. The molecule has 0 spiro atoms. The van der Waals surface area contributed by atoms with E-state index in [1.165, 1.54) is 12.0 Å². The van der Waals surface area contributed by atoms with Crippen molar-refractivity contribution in [2.75, 3.05) is 18.6 Å². The average molecular weight is 503 g/mol. The number of rotatable bonds is 7. The molecular weight excluding hydrogens is 479 g/mol. The van der Waals surface area contributed by atoms with Crippen molar-refractivity contribution >= 4 is 52.7 Å². The van der Waals surface area contributed by atoms with Gasteiger partial charge in [-0.3, -0.25) is 14.5 Å². The number of allylic oxidation sites excluding steroid dienone is 1. The van der Waals surface area contributed by atoms with Gasteiger partial charge in [-0.1, -0.05) is 35.3 Å². The van der Waals surface area contributed by atoms with Crippen LogP contribution in [0.2, 0.25) is 10.0 Å². The fourth-order valence-electron chi connectivity index (χ4n) is 3.45. The van der Waals surface area contributed by atoms with Crippen molar-refractivity contribution in [1.82, 2.24) is 5.32 Å². The number of benzene rings is 2. The highest BCUT2D eigenvalue weighted by Crippen LogP contribution is 2.37. The molecule has 2 aromatic rings. The highest BCUT2D eigenvalue weighted by molar-refractivity contribution is 6.42. The molecule has 0 saturated heterocycles. The normalized spacial score (nSPS) is 14.7. The molecule has 0 fully saturated rings. The lowest BCUT2D eigenvalue weighted by atomic mass is 10.0. The zero-order chi connectivity index (χ0) is 25.0. The average Bonchev–Trinajstić information content (AvgIpc) is 3.03. The van der Waals surface area contributed by atoms with Crippen LogP contribution >= 0.6 is 23.2 Å². The molecule has 34 heavy (non-hydrogen) atoms. The van der Waals surface area contributed by atoms with Crippen molar-refractivity contribution in [1.29, 1.82) is 0 Å². The Morgan fingerprint density at radius 3 is 2.35 bits per heavy atom. The van der Waals surface area contributed by atoms with Crippen molar-refractivity contribution in [2.24, 2.45) is 0 Å². The Morgan fingerprint density at radius 2 is 1.76 bits per heavy atom. The molecule has 9 heteroatoms.